The Morgan fingerprint density at radius 1 is 0.719 bits per heavy atom. The number of methoxy groups -OCH3 is 1. The highest BCUT2D eigenvalue weighted by molar-refractivity contribution is 6.78. The summed E-state index contributed by atoms with van der Waals surface area (Å²) in [6.45, 7) is 55.7. The van der Waals surface area contributed by atoms with Gasteiger partial charge in [-0.15, -0.1) is 6.58 Å². The Morgan fingerprint density at radius 3 is 1.59 bits per heavy atom. The fraction of sp³-hybridized carbons (Fsp3) is 0.904. The van der Waals surface area contributed by atoms with Gasteiger partial charge in [0, 0.05) is 13.0 Å². The van der Waals surface area contributed by atoms with Crippen molar-refractivity contribution < 1.29 is 32.1 Å². The summed E-state index contributed by atoms with van der Waals surface area (Å²) in [6.07, 6.45) is 7.74. The Kier molecular flexibility index (Phi) is 25.5. The number of allylic oxidation sites excluding steroid dienone is 2. The van der Waals surface area contributed by atoms with Crippen molar-refractivity contribution in [2.24, 2.45) is 17.8 Å². The van der Waals surface area contributed by atoms with E-state index >= 15 is 0 Å². The van der Waals surface area contributed by atoms with E-state index in [9.17, 15) is 4.79 Å². The van der Waals surface area contributed by atoms with Gasteiger partial charge >= 0.3 is 0 Å². The molecule has 0 bridgehead atoms. The zero-order chi connectivity index (χ0) is 49.8. The number of carbonyl (C=O) groups excluding carboxylic acids is 1. The third-order valence-electron chi connectivity index (χ3n) is 16.6. The van der Waals surface area contributed by atoms with E-state index in [2.05, 4.69) is 170 Å². The maximum atomic E-state index is 14.1. The van der Waals surface area contributed by atoms with Gasteiger partial charge in [-0.2, -0.15) is 0 Å². The molecule has 0 aromatic carbocycles. The van der Waals surface area contributed by atoms with Crippen LogP contribution in [-0.4, -0.2) is 83.9 Å². The third kappa shape index (κ3) is 15.0. The first-order valence-electron chi connectivity index (χ1n) is 25.8. The van der Waals surface area contributed by atoms with Crippen molar-refractivity contribution in [1.82, 2.24) is 5.48 Å². The van der Waals surface area contributed by atoms with Gasteiger partial charge in [-0.1, -0.05) is 144 Å². The minimum absolute atomic E-state index is 0.0241. The predicted molar refractivity (Wildman–Crippen MR) is 285 cm³/mol. The predicted octanol–water partition coefficient (Wildman–Crippen LogP) is 15.5. The van der Waals surface area contributed by atoms with Crippen LogP contribution in [0.15, 0.2) is 24.3 Å². The standard InChI is InChI=1S/C52H107NO7Si4/c1-26-30-45(51(54)53-56-23)48(57-61(24,25)52(19,20)21)35-47(59-64(39(11)12,40(13)14)41(15)16)43(18)50(60-62(27-2,28-3)29-4)42(17)33-44-31-32-46(49(34-44)55-22)58-63(36(5)6,37(7)8)38(9)10/h26,33,36-41,43-50H,1,27-32,34-35H2,2-25H3,(H,53,54)/b42-33+/t43-,44+,45+,46-,47+,48-,49-,50-/m1/s1. The lowest BCUT2D eigenvalue weighted by atomic mass is 9.82. The Morgan fingerprint density at radius 2 is 1.20 bits per heavy atom. The number of hydroxylamine groups is 1. The molecule has 1 aliphatic carbocycles. The SMILES string of the molecule is C=CC[C@H](C(=O)NOC)[C@@H](C[C@H](O[Si](C(C)C)(C(C)C)C(C)C)[C@@H](C)[C@H](O[Si](CC)(CC)CC)/C(C)=C/[C@@H]1CC[C@@H](O[Si](C(C)C)(C(C)C)C(C)C)[C@H](OC)C1)O[Si](C)(C)C(C)(C)C. The molecule has 378 valence electrons. The van der Waals surface area contributed by atoms with Gasteiger partial charge in [-0.25, -0.2) is 5.48 Å². The lowest BCUT2D eigenvalue weighted by molar-refractivity contribution is -0.139. The Bertz CT molecular complexity index is 1350. The summed E-state index contributed by atoms with van der Waals surface area (Å²) in [4.78, 5) is 19.3. The molecule has 8 nitrogen and oxygen atoms in total. The van der Waals surface area contributed by atoms with Crippen molar-refractivity contribution in [2.45, 2.75) is 271 Å². The normalized spacial score (nSPS) is 21.3. The zero-order valence-corrected chi connectivity index (χ0v) is 50.5. The first-order chi connectivity index (χ1) is 29.5. The zero-order valence-electron chi connectivity index (χ0n) is 46.5. The van der Waals surface area contributed by atoms with Crippen LogP contribution in [0.5, 0.6) is 0 Å². The molecule has 0 unspecified atom stereocenters. The summed E-state index contributed by atoms with van der Waals surface area (Å²) in [6, 6.07) is 3.17. The van der Waals surface area contributed by atoms with Gasteiger partial charge in [0.25, 0.3) is 0 Å². The number of amides is 1. The molecular weight excluding hydrogens is 863 g/mol. The van der Waals surface area contributed by atoms with Gasteiger partial charge < -0.3 is 22.4 Å². The maximum absolute atomic E-state index is 14.1. The van der Waals surface area contributed by atoms with Crippen molar-refractivity contribution in [3.63, 3.8) is 0 Å². The van der Waals surface area contributed by atoms with Crippen LogP contribution >= 0.6 is 0 Å². The number of nitrogens with one attached hydrogen (secondary N) is 1. The van der Waals surface area contributed by atoms with Gasteiger partial charge in [-0.05, 0) is 120 Å². The Hall–Kier alpha value is -0.422. The second-order valence-electron chi connectivity index (χ2n) is 23.3. The van der Waals surface area contributed by atoms with Crippen LogP contribution in [0.3, 0.4) is 0 Å². The molecule has 1 amide bonds. The molecule has 0 radical (unpaired) electrons. The maximum Gasteiger partial charge on any atom is 0.249 e. The van der Waals surface area contributed by atoms with Gasteiger partial charge in [0.15, 0.2) is 16.6 Å². The molecule has 0 saturated heterocycles. The fourth-order valence-corrected chi connectivity index (χ4v) is 27.4. The van der Waals surface area contributed by atoms with Gasteiger partial charge in [-0.3, -0.25) is 9.63 Å². The summed E-state index contributed by atoms with van der Waals surface area (Å²) in [5.41, 5.74) is 6.68. The molecule has 0 aliphatic heterocycles. The highest BCUT2D eigenvalue weighted by atomic mass is 28.4. The van der Waals surface area contributed by atoms with E-state index in [4.69, 9.17) is 27.3 Å². The minimum Gasteiger partial charge on any atom is -0.413 e. The molecule has 12 heteroatoms. The number of hydrogen-bond donors (Lipinski definition) is 1. The summed E-state index contributed by atoms with van der Waals surface area (Å²) in [7, 11) is -5.70. The number of carbonyl (C=O) groups is 1. The molecule has 0 aromatic rings. The minimum atomic E-state index is -2.46. The summed E-state index contributed by atoms with van der Waals surface area (Å²) in [5.74, 6) is -0.365. The fourth-order valence-electron chi connectivity index (χ4n) is 11.8. The first kappa shape index (κ1) is 61.6. The first-order valence-corrected chi connectivity index (χ1v) is 35.6. The van der Waals surface area contributed by atoms with E-state index in [1.54, 1.807) is 0 Å². The molecular formula is C52H107NO7Si4. The van der Waals surface area contributed by atoms with Gasteiger partial charge in [0.05, 0.1) is 43.5 Å². The molecule has 0 spiro atoms. The highest BCUT2D eigenvalue weighted by Gasteiger charge is 2.52. The second kappa shape index (κ2) is 26.5. The van der Waals surface area contributed by atoms with E-state index in [1.807, 2.05) is 13.2 Å². The van der Waals surface area contributed by atoms with Crippen molar-refractivity contribution >= 4 is 39.2 Å². The van der Waals surface area contributed by atoms with Crippen LogP contribution in [0.25, 0.3) is 0 Å². The number of hydrogen-bond acceptors (Lipinski definition) is 7. The topological polar surface area (TPSA) is 84.5 Å². The third-order valence-corrected chi connectivity index (χ3v) is 38.0. The average molecular weight is 971 g/mol. The summed E-state index contributed by atoms with van der Waals surface area (Å²) >= 11 is 0. The average Bonchev–Trinajstić information content (AvgIpc) is 3.19. The number of ether oxygens (including phenoxy) is 1. The molecule has 1 aliphatic rings. The van der Waals surface area contributed by atoms with Crippen LogP contribution in [0, 0.1) is 17.8 Å². The van der Waals surface area contributed by atoms with Crippen molar-refractivity contribution in [3.8, 4) is 0 Å². The quantitative estimate of drug-likeness (QED) is 0.0454. The molecule has 1 fully saturated rings. The van der Waals surface area contributed by atoms with Crippen LogP contribution in [0.1, 0.15) is 171 Å². The monoisotopic (exact) mass is 970 g/mol. The molecule has 1 N–H and O–H groups in total. The van der Waals surface area contributed by atoms with Crippen LogP contribution < -0.4 is 5.48 Å². The smallest absolute Gasteiger partial charge is 0.249 e. The van der Waals surface area contributed by atoms with E-state index < -0.39 is 45.3 Å². The van der Waals surface area contributed by atoms with Crippen molar-refractivity contribution in [1.29, 1.82) is 0 Å². The molecule has 0 heterocycles. The Labute approximate surface area is 401 Å². The lowest BCUT2D eigenvalue weighted by Gasteiger charge is -2.49. The molecule has 8 atom stereocenters. The van der Waals surface area contributed by atoms with E-state index in [0.717, 1.165) is 37.4 Å². The largest absolute Gasteiger partial charge is 0.413 e. The molecule has 1 saturated carbocycles. The molecule has 1 rings (SSSR count). The second-order valence-corrected chi connectivity index (χ2v) is 43.6. The lowest BCUT2D eigenvalue weighted by Crippen LogP contribution is -2.56. The Balaban J connectivity index is 4.19. The van der Waals surface area contributed by atoms with Crippen LogP contribution in [-0.2, 0) is 32.1 Å². The van der Waals surface area contributed by atoms with E-state index in [-0.39, 0.29) is 41.3 Å². The van der Waals surface area contributed by atoms with Gasteiger partial charge in [0.1, 0.15) is 0 Å². The van der Waals surface area contributed by atoms with Crippen LogP contribution in [0.4, 0.5) is 0 Å². The highest BCUT2D eigenvalue weighted by Crippen LogP contribution is 2.48. The summed E-state index contributed by atoms with van der Waals surface area (Å²) < 4.78 is 37.0. The van der Waals surface area contributed by atoms with Crippen molar-refractivity contribution in [3.05, 3.63) is 24.3 Å². The molecule has 64 heavy (non-hydrogen) atoms. The molecule has 0 aromatic heterocycles. The number of rotatable bonds is 29. The van der Waals surface area contributed by atoms with Gasteiger partial charge in [0.2, 0.25) is 22.5 Å². The van der Waals surface area contributed by atoms with Crippen molar-refractivity contribution in [2.75, 3.05) is 14.2 Å². The van der Waals surface area contributed by atoms with Crippen LogP contribution in [0.2, 0.25) is 69.5 Å². The summed E-state index contributed by atoms with van der Waals surface area (Å²) in [5, 5.41) is -0.0678. The van der Waals surface area contributed by atoms with E-state index in [0.29, 0.717) is 52.0 Å². The van der Waals surface area contributed by atoms with E-state index in [1.165, 1.54) is 12.7 Å².